The normalized spacial score (nSPS) is 18.4. The Balaban J connectivity index is 1.40. The van der Waals surface area contributed by atoms with Gasteiger partial charge in [-0.3, -0.25) is 0 Å². The van der Waals surface area contributed by atoms with Crippen molar-refractivity contribution in [1.29, 1.82) is 0 Å². The molecule has 178 valence electrons. The van der Waals surface area contributed by atoms with Crippen molar-refractivity contribution < 1.29 is 23.0 Å². The van der Waals surface area contributed by atoms with Crippen LogP contribution in [0.15, 0.2) is 60.7 Å². The summed E-state index contributed by atoms with van der Waals surface area (Å²) < 4.78 is 49.0. The van der Waals surface area contributed by atoms with Gasteiger partial charge in [-0.05, 0) is 73.3 Å². The molecule has 0 unspecified atom stereocenters. The lowest BCUT2D eigenvalue weighted by atomic mass is 9.78. The molecule has 4 rings (SSSR count). The first-order valence-electron chi connectivity index (χ1n) is 11.8. The van der Waals surface area contributed by atoms with Gasteiger partial charge in [-0.25, -0.2) is 13.2 Å². The summed E-state index contributed by atoms with van der Waals surface area (Å²) in [6.07, 6.45) is 7.29. The van der Waals surface area contributed by atoms with Gasteiger partial charge in [0, 0.05) is 11.1 Å². The third kappa shape index (κ3) is 5.36. The van der Waals surface area contributed by atoms with Crippen LogP contribution in [0.1, 0.15) is 55.2 Å². The number of benzene rings is 3. The summed E-state index contributed by atoms with van der Waals surface area (Å²) in [6, 6.07) is 15.1. The Morgan fingerprint density at radius 1 is 0.912 bits per heavy atom. The van der Waals surface area contributed by atoms with Crippen molar-refractivity contribution in [2.24, 2.45) is 5.92 Å². The van der Waals surface area contributed by atoms with E-state index in [1.165, 1.54) is 0 Å². The molecule has 1 aliphatic rings. The highest BCUT2D eigenvalue weighted by atomic mass is 19.2. The summed E-state index contributed by atoms with van der Waals surface area (Å²) in [6.45, 7) is 2.16. The predicted octanol–water partition coefficient (Wildman–Crippen LogP) is 7.65. The molecular formula is C29H29F3O2. The highest BCUT2D eigenvalue weighted by Crippen LogP contribution is 2.38. The molecule has 2 nitrogen and oxygen atoms in total. The third-order valence-corrected chi connectivity index (χ3v) is 6.61. The first kappa shape index (κ1) is 24.1. The maximum absolute atomic E-state index is 14.7. The molecule has 3 aromatic carbocycles. The van der Waals surface area contributed by atoms with E-state index in [4.69, 9.17) is 9.84 Å². The van der Waals surface area contributed by atoms with Gasteiger partial charge >= 0.3 is 0 Å². The van der Waals surface area contributed by atoms with Gasteiger partial charge in [-0.1, -0.05) is 54.6 Å². The fourth-order valence-corrected chi connectivity index (χ4v) is 4.63. The van der Waals surface area contributed by atoms with Crippen molar-refractivity contribution >= 4 is 6.08 Å². The fourth-order valence-electron chi connectivity index (χ4n) is 4.63. The topological polar surface area (TPSA) is 29.5 Å². The van der Waals surface area contributed by atoms with Gasteiger partial charge in [-0.2, -0.15) is 0 Å². The highest BCUT2D eigenvalue weighted by Gasteiger charge is 2.22. The fraction of sp³-hybridized carbons (Fsp3) is 0.310. The van der Waals surface area contributed by atoms with Crippen molar-refractivity contribution in [2.75, 3.05) is 6.61 Å². The van der Waals surface area contributed by atoms with E-state index in [0.717, 1.165) is 31.2 Å². The van der Waals surface area contributed by atoms with Crippen LogP contribution in [0.5, 0.6) is 5.75 Å². The molecule has 1 N–H and O–H groups in total. The van der Waals surface area contributed by atoms with E-state index < -0.39 is 11.6 Å². The van der Waals surface area contributed by atoms with Crippen LogP contribution in [0.25, 0.3) is 17.2 Å². The molecule has 1 fully saturated rings. The molecule has 0 saturated heterocycles. The molecular weight excluding hydrogens is 437 g/mol. The van der Waals surface area contributed by atoms with Gasteiger partial charge in [0.15, 0.2) is 23.2 Å². The van der Waals surface area contributed by atoms with E-state index in [0.29, 0.717) is 23.7 Å². The zero-order chi connectivity index (χ0) is 24.1. The molecule has 0 spiro atoms. The average Bonchev–Trinajstić information content (AvgIpc) is 2.87. The van der Waals surface area contributed by atoms with Crippen molar-refractivity contribution in [1.82, 2.24) is 0 Å². The molecule has 1 saturated carbocycles. The first-order chi connectivity index (χ1) is 16.5. The summed E-state index contributed by atoms with van der Waals surface area (Å²) in [4.78, 5) is 0. The Labute approximate surface area is 198 Å². The Morgan fingerprint density at radius 2 is 1.65 bits per heavy atom. The Hall–Kier alpha value is -3.05. The summed E-state index contributed by atoms with van der Waals surface area (Å²) in [5, 5.41) is 9.15. The van der Waals surface area contributed by atoms with Crippen LogP contribution in [-0.2, 0) is 6.61 Å². The van der Waals surface area contributed by atoms with Crippen molar-refractivity contribution in [2.45, 2.75) is 45.1 Å². The number of halogens is 3. The van der Waals surface area contributed by atoms with Gasteiger partial charge in [0.2, 0.25) is 0 Å². The monoisotopic (exact) mass is 466 g/mol. The molecule has 0 amide bonds. The number of allylic oxidation sites excluding steroid dienone is 1. The average molecular weight is 467 g/mol. The minimum Gasteiger partial charge on any atom is -0.491 e. The van der Waals surface area contributed by atoms with Crippen LogP contribution >= 0.6 is 0 Å². The second-order valence-corrected chi connectivity index (χ2v) is 8.78. The second-order valence-electron chi connectivity index (χ2n) is 8.78. The number of hydrogen-bond acceptors (Lipinski definition) is 2. The maximum Gasteiger partial charge on any atom is 0.167 e. The van der Waals surface area contributed by atoms with Crippen molar-refractivity contribution in [3.05, 3.63) is 94.8 Å². The van der Waals surface area contributed by atoms with Gasteiger partial charge in [0.1, 0.15) is 0 Å². The summed E-state index contributed by atoms with van der Waals surface area (Å²) in [5.41, 5.74) is 2.69. The van der Waals surface area contributed by atoms with Crippen molar-refractivity contribution in [3.8, 4) is 16.9 Å². The molecule has 0 heterocycles. The third-order valence-electron chi connectivity index (χ3n) is 6.61. The predicted molar refractivity (Wildman–Crippen MR) is 129 cm³/mol. The quantitative estimate of drug-likeness (QED) is 0.388. The minimum atomic E-state index is -0.875. The van der Waals surface area contributed by atoms with Crippen LogP contribution in [0, 0.1) is 23.4 Å². The molecule has 0 aromatic heterocycles. The largest absolute Gasteiger partial charge is 0.491 e. The molecule has 0 bridgehead atoms. The molecule has 0 atom stereocenters. The summed E-state index contributed by atoms with van der Waals surface area (Å²) in [5.74, 6) is -1.21. The number of rotatable bonds is 7. The molecule has 3 aromatic rings. The number of aliphatic hydroxyl groups is 1. The molecule has 5 heteroatoms. The molecule has 0 radical (unpaired) electrons. The summed E-state index contributed by atoms with van der Waals surface area (Å²) >= 11 is 0. The Bertz CT molecular complexity index is 1150. The van der Waals surface area contributed by atoms with Crippen LogP contribution < -0.4 is 4.74 Å². The minimum absolute atomic E-state index is 0.0974. The number of aliphatic hydroxyl groups excluding tert-OH is 1. The highest BCUT2D eigenvalue weighted by molar-refractivity contribution is 5.67. The van der Waals surface area contributed by atoms with E-state index in [-0.39, 0.29) is 35.2 Å². The summed E-state index contributed by atoms with van der Waals surface area (Å²) in [7, 11) is 0. The SMILES string of the molecule is CCOc1ccc(C2CCC(/C=C/c3ccc(-c4ccc(CO)cc4)c(F)c3F)CC2)cc1F. The van der Waals surface area contributed by atoms with E-state index in [9.17, 15) is 13.2 Å². The van der Waals surface area contributed by atoms with Crippen LogP contribution in [0.4, 0.5) is 13.2 Å². The number of hydrogen-bond donors (Lipinski definition) is 1. The smallest absolute Gasteiger partial charge is 0.167 e. The van der Waals surface area contributed by atoms with Crippen LogP contribution in [0.3, 0.4) is 0 Å². The van der Waals surface area contributed by atoms with E-state index in [2.05, 4.69) is 0 Å². The Morgan fingerprint density at radius 3 is 2.29 bits per heavy atom. The van der Waals surface area contributed by atoms with Gasteiger partial charge in [0.05, 0.1) is 13.2 Å². The van der Waals surface area contributed by atoms with E-state index in [1.54, 1.807) is 54.6 Å². The van der Waals surface area contributed by atoms with E-state index >= 15 is 0 Å². The molecule has 34 heavy (non-hydrogen) atoms. The lowest BCUT2D eigenvalue weighted by Gasteiger charge is -2.27. The van der Waals surface area contributed by atoms with Crippen LogP contribution in [-0.4, -0.2) is 11.7 Å². The number of ether oxygens (including phenoxy) is 1. The van der Waals surface area contributed by atoms with Crippen LogP contribution in [0.2, 0.25) is 0 Å². The first-order valence-corrected chi connectivity index (χ1v) is 11.8. The molecule has 0 aliphatic heterocycles. The Kier molecular flexibility index (Phi) is 7.73. The standard InChI is InChI=1S/C29H29F3O2/c1-2-34-27-16-14-24(17-26(27)30)21-8-3-19(4-9-21)5-12-23-13-15-25(29(32)28(23)31)22-10-6-20(18-33)7-11-22/h5-7,10-17,19,21,33H,2-4,8-9,18H2,1H3/b12-5+. The van der Waals surface area contributed by atoms with Crippen molar-refractivity contribution in [3.63, 3.8) is 0 Å². The maximum atomic E-state index is 14.7. The lowest BCUT2D eigenvalue weighted by Crippen LogP contribution is -2.12. The molecule has 1 aliphatic carbocycles. The van der Waals surface area contributed by atoms with E-state index in [1.807, 2.05) is 19.1 Å². The zero-order valence-electron chi connectivity index (χ0n) is 19.2. The lowest BCUT2D eigenvalue weighted by molar-refractivity contribution is 0.282. The zero-order valence-corrected chi connectivity index (χ0v) is 19.2. The second kappa shape index (κ2) is 10.9. The van der Waals surface area contributed by atoms with Gasteiger partial charge in [0.25, 0.3) is 0 Å². The van der Waals surface area contributed by atoms with Gasteiger partial charge < -0.3 is 9.84 Å². The van der Waals surface area contributed by atoms with Gasteiger partial charge in [-0.15, -0.1) is 0 Å².